The summed E-state index contributed by atoms with van der Waals surface area (Å²) < 4.78 is 2.02. The Morgan fingerprint density at radius 2 is 2.07 bits per heavy atom. The third-order valence-corrected chi connectivity index (χ3v) is 2.32. The van der Waals surface area contributed by atoms with E-state index >= 15 is 0 Å². The van der Waals surface area contributed by atoms with Gasteiger partial charge in [-0.1, -0.05) is 20.8 Å². The van der Waals surface area contributed by atoms with E-state index < -0.39 is 0 Å². The van der Waals surface area contributed by atoms with Crippen molar-refractivity contribution in [2.75, 3.05) is 13.1 Å². The lowest BCUT2D eigenvalue weighted by Gasteiger charge is -2.13. The molecule has 0 aliphatic carbocycles. The van der Waals surface area contributed by atoms with Crippen LogP contribution in [-0.4, -0.2) is 22.9 Å². The van der Waals surface area contributed by atoms with E-state index in [2.05, 4.69) is 31.2 Å². The van der Waals surface area contributed by atoms with Crippen LogP contribution >= 0.6 is 0 Å². The molecule has 0 saturated heterocycles. The molecule has 0 fully saturated rings. The Balaban J connectivity index is 2.21. The normalized spacial score (nSPS) is 13.4. The summed E-state index contributed by atoms with van der Waals surface area (Å²) in [4.78, 5) is 0. The molecule has 0 saturated carbocycles. The zero-order valence-electron chi connectivity index (χ0n) is 10.3. The Labute approximate surface area is 92.9 Å². The zero-order valence-corrected chi connectivity index (χ0v) is 10.3. The number of rotatable bonds is 6. The number of nitrogens with zero attached hydrogens (tertiary/aromatic N) is 2. The molecular formula is C12H23N3. The van der Waals surface area contributed by atoms with E-state index in [0.717, 1.165) is 31.2 Å². The van der Waals surface area contributed by atoms with Crippen LogP contribution in [0.25, 0.3) is 0 Å². The molecule has 15 heavy (non-hydrogen) atoms. The summed E-state index contributed by atoms with van der Waals surface area (Å²) >= 11 is 0. The van der Waals surface area contributed by atoms with Crippen molar-refractivity contribution in [3.05, 3.63) is 18.0 Å². The SMILES string of the molecule is Cc1ccn(CC(C)CNCC(C)C)n1. The first-order chi connectivity index (χ1) is 7.08. The first-order valence-electron chi connectivity index (χ1n) is 5.78. The van der Waals surface area contributed by atoms with Gasteiger partial charge >= 0.3 is 0 Å². The Morgan fingerprint density at radius 3 is 2.60 bits per heavy atom. The van der Waals surface area contributed by atoms with Crippen LogP contribution in [0.4, 0.5) is 0 Å². The minimum Gasteiger partial charge on any atom is -0.316 e. The topological polar surface area (TPSA) is 29.9 Å². The van der Waals surface area contributed by atoms with E-state index in [9.17, 15) is 0 Å². The van der Waals surface area contributed by atoms with Gasteiger partial charge in [-0.25, -0.2) is 0 Å². The largest absolute Gasteiger partial charge is 0.316 e. The van der Waals surface area contributed by atoms with E-state index in [1.807, 2.05) is 23.9 Å². The highest BCUT2D eigenvalue weighted by Crippen LogP contribution is 2.00. The molecule has 1 aromatic heterocycles. The lowest BCUT2D eigenvalue weighted by molar-refractivity contribution is 0.408. The first-order valence-corrected chi connectivity index (χ1v) is 5.78. The van der Waals surface area contributed by atoms with Gasteiger partial charge < -0.3 is 5.32 Å². The highest BCUT2D eigenvalue weighted by molar-refractivity contribution is 4.94. The van der Waals surface area contributed by atoms with Gasteiger partial charge in [0.05, 0.1) is 5.69 Å². The minimum atomic E-state index is 0.628. The molecule has 1 rings (SSSR count). The third kappa shape index (κ3) is 4.98. The summed E-state index contributed by atoms with van der Waals surface area (Å²) in [6.07, 6.45) is 2.05. The van der Waals surface area contributed by atoms with E-state index in [1.54, 1.807) is 0 Å². The van der Waals surface area contributed by atoms with Crippen molar-refractivity contribution in [1.29, 1.82) is 0 Å². The lowest BCUT2D eigenvalue weighted by Crippen LogP contribution is -2.27. The molecule has 0 aromatic carbocycles. The fourth-order valence-corrected chi connectivity index (χ4v) is 1.57. The number of hydrogen-bond donors (Lipinski definition) is 1. The summed E-state index contributed by atoms with van der Waals surface area (Å²) in [5, 5.41) is 7.85. The lowest BCUT2D eigenvalue weighted by atomic mass is 10.1. The van der Waals surface area contributed by atoms with E-state index in [4.69, 9.17) is 0 Å². The minimum absolute atomic E-state index is 0.628. The molecule has 1 unspecified atom stereocenters. The quantitative estimate of drug-likeness (QED) is 0.777. The molecule has 0 spiro atoms. The molecule has 3 nitrogen and oxygen atoms in total. The molecule has 0 aliphatic rings. The highest BCUT2D eigenvalue weighted by Gasteiger charge is 2.04. The number of aromatic nitrogens is 2. The van der Waals surface area contributed by atoms with Gasteiger partial charge in [0, 0.05) is 12.7 Å². The van der Waals surface area contributed by atoms with Crippen molar-refractivity contribution in [2.24, 2.45) is 11.8 Å². The fourth-order valence-electron chi connectivity index (χ4n) is 1.57. The van der Waals surface area contributed by atoms with Crippen molar-refractivity contribution in [2.45, 2.75) is 34.2 Å². The number of hydrogen-bond acceptors (Lipinski definition) is 2. The summed E-state index contributed by atoms with van der Waals surface area (Å²) in [5.41, 5.74) is 1.09. The second-order valence-electron chi connectivity index (χ2n) is 4.84. The summed E-state index contributed by atoms with van der Waals surface area (Å²) in [6.45, 7) is 11.9. The number of aryl methyl sites for hydroxylation is 1. The number of nitrogens with one attached hydrogen (secondary N) is 1. The van der Waals surface area contributed by atoms with E-state index in [0.29, 0.717) is 5.92 Å². The first kappa shape index (κ1) is 12.2. The molecule has 3 heteroatoms. The predicted molar refractivity (Wildman–Crippen MR) is 63.8 cm³/mol. The van der Waals surface area contributed by atoms with Gasteiger partial charge in [0.1, 0.15) is 0 Å². The molecular weight excluding hydrogens is 186 g/mol. The van der Waals surface area contributed by atoms with Crippen LogP contribution in [0.3, 0.4) is 0 Å². The van der Waals surface area contributed by atoms with Gasteiger partial charge in [-0.2, -0.15) is 5.10 Å². The zero-order chi connectivity index (χ0) is 11.3. The van der Waals surface area contributed by atoms with E-state index in [-0.39, 0.29) is 0 Å². The van der Waals surface area contributed by atoms with Crippen LogP contribution in [0, 0.1) is 18.8 Å². The molecule has 0 bridgehead atoms. The van der Waals surface area contributed by atoms with Gasteiger partial charge in [-0.3, -0.25) is 4.68 Å². The maximum absolute atomic E-state index is 4.38. The van der Waals surface area contributed by atoms with Crippen molar-refractivity contribution < 1.29 is 0 Å². The van der Waals surface area contributed by atoms with Gasteiger partial charge in [0.2, 0.25) is 0 Å². The monoisotopic (exact) mass is 209 g/mol. The second-order valence-corrected chi connectivity index (χ2v) is 4.84. The Hall–Kier alpha value is -0.830. The molecule has 0 aliphatic heterocycles. The molecule has 0 amide bonds. The standard InChI is InChI=1S/C12H23N3/c1-10(2)7-13-8-11(3)9-15-6-5-12(4)14-15/h5-6,10-11,13H,7-9H2,1-4H3. The molecule has 1 N–H and O–H groups in total. The van der Waals surface area contributed by atoms with Crippen LogP contribution in [0.1, 0.15) is 26.5 Å². The van der Waals surface area contributed by atoms with Crippen LogP contribution in [-0.2, 0) is 6.54 Å². The predicted octanol–water partition coefficient (Wildman–Crippen LogP) is 2.07. The van der Waals surface area contributed by atoms with Gasteiger partial charge in [-0.05, 0) is 37.9 Å². The molecule has 1 aromatic rings. The Morgan fingerprint density at radius 1 is 1.33 bits per heavy atom. The second kappa shape index (κ2) is 5.91. The smallest absolute Gasteiger partial charge is 0.0593 e. The maximum atomic E-state index is 4.38. The molecule has 0 radical (unpaired) electrons. The van der Waals surface area contributed by atoms with Gasteiger partial charge in [0.15, 0.2) is 0 Å². The van der Waals surface area contributed by atoms with E-state index in [1.165, 1.54) is 0 Å². The van der Waals surface area contributed by atoms with Crippen molar-refractivity contribution in [1.82, 2.24) is 15.1 Å². The summed E-state index contributed by atoms with van der Waals surface area (Å²) in [6, 6.07) is 2.05. The van der Waals surface area contributed by atoms with Crippen LogP contribution in [0.2, 0.25) is 0 Å². The molecule has 1 atom stereocenters. The van der Waals surface area contributed by atoms with Crippen molar-refractivity contribution in [3.63, 3.8) is 0 Å². The van der Waals surface area contributed by atoms with Crippen LogP contribution in [0.5, 0.6) is 0 Å². The fraction of sp³-hybridized carbons (Fsp3) is 0.750. The van der Waals surface area contributed by atoms with Crippen molar-refractivity contribution in [3.8, 4) is 0 Å². The molecule has 1 heterocycles. The van der Waals surface area contributed by atoms with Gasteiger partial charge in [0.25, 0.3) is 0 Å². The van der Waals surface area contributed by atoms with Crippen LogP contribution in [0.15, 0.2) is 12.3 Å². The van der Waals surface area contributed by atoms with Crippen molar-refractivity contribution >= 4 is 0 Å². The summed E-state index contributed by atoms with van der Waals surface area (Å²) in [7, 11) is 0. The van der Waals surface area contributed by atoms with Crippen LogP contribution < -0.4 is 5.32 Å². The Kier molecular flexibility index (Phi) is 4.82. The average Bonchev–Trinajstić information content (AvgIpc) is 2.50. The maximum Gasteiger partial charge on any atom is 0.0593 e. The highest BCUT2D eigenvalue weighted by atomic mass is 15.3. The van der Waals surface area contributed by atoms with Gasteiger partial charge in [-0.15, -0.1) is 0 Å². The Bertz CT molecular complexity index is 278. The average molecular weight is 209 g/mol. The third-order valence-electron chi connectivity index (χ3n) is 2.32. The molecule has 86 valence electrons. The summed E-state index contributed by atoms with van der Waals surface area (Å²) in [5.74, 6) is 1.35.